The highest BCUT2D eigenvalue weighted by atomic mass is 79.9. The van der Waals surface area contributed by atoms with Crippen LogP contribution in [0.3, 0.4) is 0 Å². The van der Waals surface area contributed by atoms with Gasteiger partial charge in [0.05, 0.1) is 6.04 Å². The van der Waals surface area contributed by atoms with E-state index in [1.165, 1.54) is 5.56 Å². The van der Waals surface area contributed by atoms with Crippen LogP contribution in [0, 0.1) is 5.92 Å². The minimum atomic E-state index is 0.163. The predicted molar refractivity (Wildman–Crippen MR) is 81.4 cm³/mol. The first kappa shape index (κ1) is 14.1. The van der Waals surface area contributed by atoms with Crippen LogP contribution in [-0.4, -0.2) is 30.6 Å². The Kier molecular flexibility index (Phi) is 4.41. The first-order chi connectivity index (χ1) is 9.75. The summed E-state index contributed by atoms with van der Waals surface area (Å²) < 4.78 is 6.45. The van der Waals surface area contributed by atoms with E-state index in [-0.39, 0.29) is 12.0 Å². The van der Waals surface area contributed by atoms with Gasteiger partial charge in [0.25, 0.3) is 0 Å². The van der Waals surface area contributed by atoms with Crippen LogP contribution in [0.25, 0.3) is 0 Å². The van der Waals surface area contributed by atoms with E-state index in [9.17, 15) is 4.79 Å². The van der Waals surface area contributed by atoms with Gasteiger partial charge in [0.1, 0.15) is 0 Å². The lowest BCUT2D eigenvalue weighted by atomic mass is 9.97. The molecule has 0 saturated carbocycles. The number of amides is 1. The predicted octanol–water partition coefficient (Wildman–Crippen LogP) is 3.54. The summed E-state index contributed by atoms with van der Waals surface area (Å²) in [6, 6.07) is 8.60. The minimum absolute atomic E-state index is 0.163. The summed E-state index contributed by atoms with van der Waals surface area (Å²) in [4.78, 5) is 14.8. The molecule has 4 heteroatoms. The molecule has 3 nitrogen and oxygen atoms in total. The topological polar surface area (TPSA) is 29.5 Å². The number of hydrogen-bond donors (Lipinski definition) is 0. The SMILES string of the molecule is O=C(C1CCOCC1)N1CCCC1c1cccc(Br)c1. The molecule has 2 saturated heterocycles. The molecule has 0 aliphatic carbocycles. The van der Waals surface area contributed by atoms with Crippen LogP contribution in [0.1, 0.15) is 37.3 Å². The fourth-order valence-electron chi connectivity index (χ4n) is 3.27. The Morgan fingerprint density at radius 2 is 2.05 bits per heavy atom. The zero-order valence-electron chi connectivity index (χ0n) is 11.6. The summed E-state index contributed by atoms with van der Waals surface area (Å²) in [5.74, 6) is 0.493. The average molecular weight is 338 g/mol. The first-order valence-electron chi connectivity index (χ1n) is 7.39. The fraction of sp³-hybridized carbons (Fsp3) is 0.562. The van der Waals surface area contributed by atoms with Crippen molar-refractivity contribution in [1.82, 2.24) is 4.90 Å². The lowest BCUT2D eigenvalue weighted by molar-refractivity contribution is -0.139. The summed E-state index contributed by atoms with van der Waals surface area (Å²) >= 11 is 3.52. The molecule has 2 aliphatic heterocycles. The molecule has 0 bridgehead atoms. The molecule has 0 spiro atoms. The molecule has 1 unspecified atom stereocenters. The van der Waals surface area contributed by atoms with E-state index in [1.54, 1.807) is 0 Å². The largest absolute Gasteiger partial charge is 0.381 e. The Labute approximate surface area is 128 Å². The second kappa shape index (κ2) is 6.27. The number of ether oxygens (including phenoxy) is 1. The standard InChI is InChI=1S/C16H20BrNO2/c17-14-4-1-3-13(11-14)15-5-2-8-18(15)16(19)12-6-9-20-10-7-12/h1,3-4,11-12,15H,2,5-10H2. The minimum Gasteiger partial charge on any atom is -0.381 e. The lowest BCUT2D eigenvalue weighted by Gasteiger charge is -2.31. The second-order valence-electron chi connectivity index (χ2n) is 5.63. The molecule has 1 amide bonds. The molecule has 1 atom stereocenters. The van der Waals surface area contributed by atoms with Crippen LogP contribution in [0.2, 0.25) is 0 Å². The van der Waals surface area contributed by atoms with E-state index in [4.69, 9.17) is 4.74 Å². The summed E-state index contributed by atoms with van der Waals surface area (Å²) in [5, 5.41) is 0. The van der Waals surface area contributed by atoms with Crippen LogP contribution < -0.4 is 0 Å². The van der Waals surface area contributed by atoms with Gasteiger partial charge in [-0.25, -0.2) is 0 Å². The maximum atomic E-state index is 12.7. The molecule has 2 aliphatic rings. The van der Waals surface area contributed by atoms with Gasteiger partial charge in [0.15, 0.2) is 0 Å². The quantitative estimate of drug-likeness (QED) is 0.826. The van der Waals surface area contributed by atoms with Crippen molar-refractivity contribution in [1.29, 1.82) is 0 Å². The van der Waals surface area contributed by atoms with Crippen LogP contribution >= 0.6 is 15.9 Å². The number of likely N-dealkylation sites (tertiary alicyclic amines) is 1. The van der Waals surface area contributed by atoms with Crippen molar-refractivity contribution in [2.75, 3.05) is 19.8 Å². The normalized spacial score (nSPS) is 24.1. The van der Waals surface area contributed by atoms with Crippen molar-refractivity contribution in [3.05, 3.63) is 34.3 Å². The Balaban J connectivity index is 1.76. The van der Waals surface area contributed by atoms with E-state index >= 15 is 0 Å². The molecule has 0 aromatic heterocycles. The molecule has 1 aromatic carbocycles. The van der Waals surface area contributed by atoms with E-state index in [0.717, 1.165) is 49.9 Å². The molecule has 0 radical (unpaired) electrons. The zero-order chi connectivity index (χ0) is 13.9. The molecule has 2 fully saturated rings. The Morgan fingerprint density at radius 1 is 1.25 bits per heavy atom. The fourth-order valence-corrected chi connectivity index (χ4v) is 3.69. The number of rotatable bonds is 2. The van der Waals surface area contributed by atoms with Gasteiger partial charge in [0.2, 0.25) is 5.91 Å². The Morgan fingerprint density at radius 3 is 2.80 bits per heavy atom. The van der Waals surface area contributed by atoms with E-state index < -0.39 is 0 Å². The van der Waals surface area contributed by atoms with Crippen LogP contribution in [-0.2, 0) is 9.53 Å². The van der Waals surface area contributed by atoms with Crippen molar-refractivity contribution in [3.63, 3.8) is 0 Å². The molecule has 1 aromatic rings. The molecular weight excluding hydrogens is 318 g/mol. The van der Waals surface area contributed by atoms with Crippen molar-refractivity contribution >= 4 is 21.8 Å². The molecule has 2 heterocycles. The maximum absolute atomic E-state index is 12.7. The monoisotopic (exact) mass is 337 g/mol. The average Bonchev–Trinajstić information content (AvgIpc) is 2.97. The first-order valence-corrected chi connectivity index (χ1v) is 8.18. The van der Waals surface area contributed by atoms with Crippen LogP contribution in [0.5, 0.6) is 0 Å². The van der Waals surface area contributed by atoms with Crippen LogP contribution in [0.15, 0.2) is 28.7 Å². The number of hydrogen-bond acceptors (Lipinski definition) is 2. The van der Waals surface area contributed by atoms with Crippen LogP contribution in [0.4, 0.5) is 0 Å². The van der Waals surface area contributed by atoms with Crippen molar-refractivity contribution < 1.29 is 9.53 Å². The number of benzene rings is 1. The summed E-state index contributed by atoms with van der Waals surface area (Å²) in [6.07, 6.45) is 3.93. The second-order valence-corrected chi connectivity index (χ2v) is 6.55. The molecule has 108 valence electrons. The van der Waals surface area contributed by atoms with Gasteiger partial charge in [0, 0.05) is 30.1 Å². The maximum Gasteiger partial charge on any atom is 0.226 e. The van der Waals surface area contributed by atoms with Gasteiger partial charge in [-0.05, 0) is 43.4 Å². The highest BCUT2D eigenvalue weighted by Crippen LogP contribution is 2.35. The third-order valence-electron chi connectivity index (χ3n) is 4.34. The number of nitrogens with zero attached hydrogens (tertiary/aromatic N) is 1. The van der Waals surface area contributed by atoms with Gasteiger partial charge in [-0.1, -0.05) is 28.1 Å². The zero-order valence-corrected chi connectivity index (χ0v) is 13.1. The number of carbonyl (C=O) groups excluding carboxylic acids is 1. The lowest BCUT2D eigenvalue weighted by Crippen LogP contribution is -2.38. The summed E-state index contributed by atoms with van der Waals surface area (Å²) in [7, 11) is 0. The molecular formula is C16H20BrNO2. The third kappa shape index (κ3) is 2.91. The van der Waals surface area contributed by atoms with E-state index in [0.29, 0.717) is 5.91 Å². The van der Waals surface area contributed by atoms with Gasteiger partial charge < -0.3 is 9.64 Å². The van der Waals surface area contributed by atoms with Gasteiger partial charge >= 0.3 is 0 Å². The van der Waals surface area contributed by atoms with Crippen molar-refractivity contribution in [3.8, 4) is 0 Å². The van der Waals surface area contributed by atoms with Crippen molar-refractivity contribution in [2.45, 2.75) is 31.7 Å². The summed E-state index contributed by atoms with van der Waals surface area (Å²) in [5.41, 5.74) is 1.25. The van der Waals surface area contributed by atoms with Crippen molar-refractivity contribution in [2.24, 2.45) is 5.92 Å². The Hall–Kier alpha value is -0.870. The molecule has 20 heavy (non-hydrogen) atoms. The summed E-state index contributed by atoms with van der Waals surface area (Å²) in [6.45, 7) is 2.35. The van der Waals surface area contributed by atoms with E-state index in [1.807, 2.05) is 6.07 Å². The highest BCUT2D eigenvalue weighted by molar-refractivity contribution is 9.10. The van der Waals surface area contributed by atoms with E-state index in [2.05, 4.69) is 39.0 Å². The highest BCUT2D eigenvalue weighted by Gasteiger charge is 2.34. The number of carbonyl (C=O) groups is 1. The molecule has 0 N–H and O–H groups in total. The third-order valence-corrected chi connectivity index (χ3v) is 4.83. The molecule has 3 rings (SSSR count). The smallest absolute Gasteiger partial charge is 0.226 e. The van der Waals surface area contributed by atoms with Gasteiger partial charge in [-0.2, -0.15) is 0 Å². The van der Waals surface area contributed by atoms with Gasteiger partial charge in [-0.15, -0.1) is 0 Å². The van der Waals surface area contributed by atoms with Gasteiger partial charge in [-0.3, -0.25) is 4.79 Å². The number of halogens is 1. The Bertz CT molecular complexity index is 485.